The molecule has 2 aromatic rings. The number of anilines is 1. The quantitative estimate of drug-likeness (QED) is 0.785. The van der Waals surface area contributed by atoms with Gasteiger partial charge < -0.3 is 5.73 Å². The van der Waals surface area contributed by atoms with Crippen LogP contribution in [-0.4, -0.2) is 35.2 Å². The van der Waals surface area contributed by atoms with E-state index in [-0.39, 0.29) is 0 Å². The number of hydrogen-bond donors (Lipinski definition) is 1. The Balaban J connectivity index is 1.88. The van der Waals surface area contributed by atoms with Crippen molar-refractivity contribution in [2.45, 2.75) is 38.8 Å². The summed E-state index contributed by atoms with van der Waals surface area (Å²) in [5, 5.41) is 19.6. The third kappa shape index (κ3) is 1.75. The number of rotatable bonds is 4. The summed E-state index contributed by atoms with van der Waals surface area (Å²) < 4.78 is 3.64. The first-order chi connectivity index (χ1) is 8.29. The van der Waals surface area contributed by atoms with Crippen LogP contribution in [0.2, 0.25) is 0 Å². The smallest absolute Gasteiger partial charge is 0.173 e. The van der Waals surface area contributed by atoms with E-state index in [9.17, 15) is 0 Å². The molecule has 0 radical (unpaired) electrons. The van der Waals surface area contributed by atoms with Crippen LogP contribution in [0.4, 0.5) is 5.82 Å². The van der Waals surface area contributed by atoms with Gasteiger partial charge in [-0.1, -0.05) is 12.1 Å². The van der Waals surface area contributed by atoms with E-state index in [1.54, 1.807) is 4.68 Å². The van der Waals surface area contributed by atoms with Crippen LogP contribution in [0.3, 0.4) is 0 Å². The minimum Gasteiger partial charge on any atom is -0.381 e. The van der Waals surface area contributed by atoms with Crippen molar-refractivity contribution in [1.29, 1.82) is 0 Å². The molecule has 0 aliphatic heterocycles. The Hall–Kier alpha value is -1.99. The summed E-state index contributed by atoms with van der Waals surface area (Å²) in [7, 11) is 0. The summed E-state index contributed by atoms with van der Waals surface area (Å²) >= 11 is 0. The van der Waals surface area contributed by atoms with E-state index in [0.29, 0.717) is 18.4 Å². The van der Waals surface area contributed by atoms with Gasteiger partial charge in [0.15, 0.2) is 11.6 Å². The van der Waals surface area contributed by atoms with E-state index in [2.05, 4.69) is 25.8 Å². The number of hydrogen-bond acceptors (Lipinski definition) is 6. The van der Waals surface area contributed by atoms with Gasteiger partial charge in [-0.05, 0) is 29.7 Å². The maximum absolute atomic E-state index is 5.74. The van der Waals surface area contributed by atoms with E-state index in [0.717, 1.165) is 30.8 Å². The molecule has 2 N–H and O–H groups in total. The molecule has 2 aromatic heterocycles. The Labute approximate surface area is 97.8 Å². The first-order valence-electron chi connectivity index (χ1n) is 5.74. The van der Waals surface area contributed by atoms with Crippen LogP contribution in [0, 0.1) is 0 Å². The predicted molar refractivity (Wildman–Crippen MR) is 59.0 cm³/mol. The van der Waals surface area contributed by atoms with E-state index >= 15 is 0 Å². The molecule has 0 atom stereocenters. The maximum Gasteiger partial charge on any atom is 0.173 e. The fourth-order valence-corrected chi connectivity index (χ4v) is 1.89. The lowest BCUT2D eigenvalue weighted by molar-refractivity contribution is 0.534. The first kappa shape index (κ1) is 10.2. The molecule has 8 nitrogen and oxygen atoms in total. The number of nitrogens with two attached hydrogens (primary N) is 1. The minimum atomic E-state index is 0.464. The maximum atomic E-state index is 5.74. The second kappa shape index (κ2) is 3.79. The summed E-state index contributed by atoms with van der Waals surface area (Å²) in [6, 6.07) is 0.464. The molecule has 0 bridgehead atoms. The molecule has 0 aromatic carbocycles. The van der Waals surface area contributed by atoms with Gasteiger partial charge in [0, 0.05) is 0 Å². The van der Waals surface area contributed by atoms with Crippen molar-refractivity contribution in [3.05, 3.63) is 11.5 Å². The summed E-state index contributed by atoms with van der Waals surface area (Å²) in [4.78, 5) is 0. The van der Waals surface area contributed by atoms with Gasteiger partial charge in [-0.25, -0.2) is 9.36 Å². The summed E-state index contributed by atoms with van der Waals surface area (Å²) in [6.45, 7) is 2.55. The molecule has 1 saturated carbocycles. The highest BCUT2D eigenvalue weighted by Crippen LogP contribution is 2.34. The van der Waals surface area contributed by atoms with Crippen molar-refractivity contribution in [1.82, 2.24) is 35.2 Å². The van der Waals surface area contributed by atoms with Crippen LogP contribution in [-0.2, 0) is 13.0 Å². The molecule has 0 spiro atoms. The second-order valence-electron chi connectivity index (χ2n) is 4.20. The van der Waals surface area contributed by atoms with Crippen molar-refractivity contribution in [2.75, 3.05) is 5.73 Å². The second-order valence-corrected chi connectivity index (χ2v) is 4.20. The largest absolute Gasteiger partial charge is 0.381 e. The van der Waals surface area contributed by atoms with Crippen LogP contribution in [0.5, 0.6) is 0 Å². The van der Waals surface area contributed by atoms with Gasteiger partial charge in [-0.15, -0.1) is 10.2 Å². The van der Waals surface area contributed by atoms with Crippen LogP contribution in [0.15, 0.2) is 0 Å². The minimum absolute atomic E-state index is 0.464. The number of tetrazole rings is 1. The lowest BCUT2D eigenvalue weighted by Gasteiger charge is -2.05. The summed E-state index contributed by atoms with van der Waals surface area (Å²) in [6.07, 6.45) is 3.10. The van der Waals surface area contributed by atoms with Gasteiger partial charge in [-0.3, -0.25) is 0 Å². The lowest BCUT2D eigenvalue weighted by atomic mass is 10.3. The molecule has 1 aliphatic carbocycles. The van der Waals surface area contributed by atoms with Crippen molar-refractivity contribution in [3.8, 4) is 0 Å². The van der Waals surface area contributed by atoms with Crippen molar-refractivity contribution < 1.29 is 0 Å². The Bertz CT molecular complexity index is 523. The van der Waals surface area contributed by atoms with Crippen LogP contribution >= 0.6 is 0 Å². The third-order valence-corrected chi connectivity index (χ3v) is 2.95. The van der Waals surface area contributed by atoms with Gasteiger partial charge >= 0.3 is 0 Å². The Kier molecular flexibility index (Phi) is 2.27. The molecule has 0 amide bonds. The van der Waals surface area contributed by atoms with Crippen LogP contribution < -0.4 is 5.73 Å². The van der Waals surface area contributed by atoms with Gasteiger partial charge in [0.1, 0.15) is 6.54 Å². The molecular weight excluding hydrogens is 220 g/mol. The zero-order valence-corrected chi connectivity index (χ0v) is 9.61. The Morgan fingerprint density at radius 2 is 2.12 bits per heavy atom. The summed E-state index contributed by atoms with van der Waals surface area (Å²) in [5.74, 6) is 1.30. The van der Waals surface area contributed by atoms with E-state index < -0.39 is 0 Å². The topological polar surface area (TPSA) is 100 Å². The van der Waals surface area contributed by atoms with Gasteiger partial charge in [0.05, 0.1) is 11.7 Å². The molecule has 0 saturated heterocycles. The molecule has 0 unspecified atom stereocenters. The van der Waals surface area contributed by atoms with Gasteiger partial charge in [0.2, 0.25) is 0 Å². The van der Waals surface area contributed by atoms with Crippen molar-refractivity contribution in [2.24, 2.45) is 0 Å². The van der Waals surface area contributed by atoms with Gasteiger partial charge in [0.25, 0.3) is 0 Å². The molecule has 3 rings (SSSR count). The van der Waals surface area contributed by atoms with Crippen molar-refractivity contribution >= 4 is 5.82 Å². The average molecular weight is 234 g/mol. The fraction of sp³-hybridized carbons (Fsp3) is 0.667. The molecule has 90 valence electrons. The predicted octanol–water partition coefficient (Wildman–Crippen LogP) is -0.208. The Morgan fingerprint density at radius 1 is 1.29 bits per heavy atom. The van der Waals surface area contributed by atoms with Gasteiger partial charge in [-0.2, -0.15) is 0 Å². The zero-order chi connectivity index (χ0) is 11.8. The van der Waals surface area contributed by atoms with Crippen molar-refractivity contribution in [3.63, 3.8) is 0 Å². The molecule has 8 heteroatoms. The van der Waals surface area contributed by atoms with E-state index in [1.165, 1.54) is 0 Å². The normalized spacial score (nSPS) is 15.4. The number of nitrogens with zero attached hydrogens (tertiary/aromatic N) is 7. The molecular formula is C9H14N8. The standard InChI is InChI=1S/C9H14N8/c1-2-7-9(10)12-14-16(7)5-8-11-13-15-17(8)6-3-4-6/h6H,2-5,10H2,1H3. The zero-order valence-electron chi connectivity index (χ0n) is 9.61. The lowest BCUT2D eigenvalue weighted by Crippen LogP contribution is -2.12. The Morgan fingerprint density at radius 3 is 2.82 bits per heavy atom. The van der Waals surface area contributed by atoms with Crippen LogP contribution in [0.1, 0.15) is 37.3 Å². The molecule has 2 heterocycles. The van der Waals surface area contributed by atoms with E-state index in [1.807, 2.05) is 11.6 Å². The van der Waals surface area contributed by atoms with Crippen LogP contribution in [0.25, 0.3) is 0 Å². The fourth-order valence-electron chi connectivity index (χ4n) is 1.89. The average Bonchev–Trinajstić information content (AvgIpc) is 2.97. The molecule has 1 aliphatic rings. The molecule has 17 heavy (non-hydrogen) atoms. The first-order valence-corrected chi connectivity index (χ1v) is 5.74. The number of nitrogen functional groups attached to an aromatic ring is 1. The highest BCUT2D eigenvalue weighted by molar-refractivity contribution is 5.32. The van der Waals surface area contributed by atoms with E-state index in [4.69, 9.17) is 5.73 Å². The number of aromatic nitrogens is 7. The highest BCUT2D eigenvalue weighted by atomic mass is 15.6. The SMILES string of the molecule is CCc1c(N)nnn1Cc1nnnn1C1CC1. The third-order valence-electron chi connectivity index (χ3n) is 2.95. The molecule has 1 fully saturated rings. The summed E-state index contributed by atoms with van der Waals surface area (Å²) in [5.41, 5.74) is 6.66. The highest BCUT2D eigenvalue weighted by Gasteiger charge is 2.28. The monoisotopic (exact) mass is 234 g/mol.